The molecule has 0 bridgehead atoms. The molecule has 0 spiro atoms. The van der Waals surface area contributed by atoms with E-state index in [1.807, 2.05) is 6.92 Å². The molecule has 1 aliphatic heterocycles. The van der Waals surface area contributed by atoms with Gasteiger partial charge in [0.15, 0.2) is 0 Å². The summed E-state index contributed by atoms with van der Waals surface area (Å²) in [6, 6.07) is 19.0. The molecule has 0 radical (unpaired) electrons. The van der Waals surface area contributed by atoms with Crippen molar-refractivity contribution in [1.82, 2.24) is 5.32 Å². The van der Waals surface area contributed by atoms with E-state index >= 15 is 0 Å². The van der Waals surface area contributed by atoms with Crippen LogP contribution in [0.15, 0.2) is 78.4 Å². The number of nitrogens with one attached hydrogen (secondary N) is 1. The van der Waals surface area contributed by atoms with E-state index in [-0.39, 0.29) is 18.0 Å². The summed E-state index contributed by atoms with van der Waals surface area (Å²) in [6.07, 6.45) is 1.39. The van der Waals surface area contributed by atoms with E-state index in [0.717, 1.165) is 10.5 Å². The van der Waals surface area contributed by atoms with Gasteiger partial charge in [0, 0.05) is 5.56 Å². The molecular weight excluding hydrogens is 411 g/mol. The molecule has 1 heterocycles. The van der Waals surface area contributed by atoms with Gasteiger partial charge in [-0.05, 0) is 48.9 Å². The third kappa shape index (κ3) is 4.41. The van der Waals surface area contributed by atoms with Crippen molar-refractivity contribution in [2.75, 3.05) is 4.90 Å². The number of benzene rings is 3. The molecular formula is C25H19FN2O4. The van der Waals surface area contributed by atoms with Gasteiger partial charge in [-0.15, -0.1) is 0 Å². The SMILES string of the molecule is Cc1ccc(N2C(=O)NC(=O)/C(=C/c3cccc(OCc4ccccc4F)c3)C2=O)cc1. The Kier molecular flexibility index (Phi) is 5.81. The summed E-state index contributed by atoms with van der Waals surface area (Å²) in [5.41, 5.74) is 2.07. The first-order valence-electron chi connectivity index (χ1n) is 9.87. The minimum absolute atomic E-state index is 0.0296. The number of hydrogen-bond acceptors (Lipinski definition) is 4. The topological polar surface area (TPSA) is 75.7 Å². The highest BCUT2D eigenvalue weighted by molar-refractivity contribution is 6.39. The van der Waals surface area contributed by atoms with E-state index in [1.165, 1.54) is 12.1 Å². The van der Waals surface area contributed by atoms with Gasteiger partial charge < -0.3 is 4.74 Å². The second kappa shape index (κ2) is 8.85. The zero-order valence-electron chi connectivity index (χ0n) is 17.2. The standard InChI is InChI=1S/C25H19FN2O4/c1-16-9-11-19(12-10-16)28-24(30)21(23(29)27-25(28)31)14-17-5-4-7-20(13-17)32-15-18-6-2-3-8-22(18)26/h2-14H,15H2,1H3,(H,27,29,31)/b21-14-. The first-order valence-corrected chi connectivity index (χ1v) is 9.87. The number of carbonyl (C=O) groups is 3. The molecule has 32 heavy (non-hydrogen) atoms. The highest BCUT2D eigenvalue weighted by Gasteiger charge is 2.36. The highest BCUT2D eigenvalue weighted by atomic mass is 19.1. The zero-order valence-corrected chi connectivity index (χ0v) is 17.2. The number of rotatable bonds is 5. The van der Waals surface area contributed by atoms with Gasteiger partial charge in [-0.2, -0.15) is 0 Å². The maximum Gasteiger partial charge on any atom is 0.335 e. The molecule has 1 fully saturated rings. The maximum absolute atomic E-state index is 13.8. The van der Waals surface area contributed by atoms with E-state index < -0.39 is 17.8 Å². The van der Waals surface area contributed by atoms with Crippen molar-refractivity contribution < 1.29 is 23.5 Å². The average Bonchev–Trinajstić information content (AvgIpc) is 2.77. The summed E-state index contributed by atoms with van der Waals surface area (Å²) < 4.78 is 19.4. The van der Waals surface area contributed by atoms with Crippen molar-refractivity contribution in [3.8, 4) is 5.75 Å². The summed E-state index contributed by atoms with van der Waals surface area (Å²) in [7, 11) is 0. The van der Waals surface area contributed by atoms with E-state index in [9.17, 15) is 18.8 Å². The van der Waals surface area contributed by atoms with Gasteiger partial charge in [0.25, 0.3) is 11.8 Å². The fraction of sp³-hybridized carbons (Fsp3) is 0.0800. The van der Waals surface area contributed by atoms with Crippen LogP contribution < -0.4 is 15.0 Å². The molecule has 0 aliphatic carbocycles. The molecule has 3 aromatic rings. The fourth-order valence-electron chi connectivity index (χ4n) is 3.22. The van der Waals surface area contributed by atoms with E-state index in [0.29, 0.717) is 22.6 Å². The molecule has 6 nitrogen and oxygen atoms in total. The third-order valence-electron chi connectivity index (χ3n) is 4.92. The van der Waals surface area contributed by atoms with Crippen molar-refractivity contribution in [2.45, 2.75) is 13.5 Å². The molecule has 1 N–H and O–H groups in total. The molecule has 0 saturated carbocycles. The quantitative estimate of drug-likeness (QED) is 0.482. The first-order chi connectivity index (χ1) is 15.4. The Morgan fingerprint density at radius 1 is 0.969 bits per heavy atom. The van der Waals surface area contributed by atoms with Crippen LogP contribution in [0.25, 0.3) is 6.08 Å². The van der Waals surface area contributed by atoms with Crippen LogP contribution in [0.3, 0.4) is 0 Å². The molecule has 160 valence electrons. The van der Waals surface area contributed by atoms with Crippen molar-refractivity contribution in [3.05, 3.63) is 101 Å². The number of anilines is 1. The summed E-state index contributed by atoms with van der Waals surface area (Å²) in [6.45, 7) is 1.92. The Hall–Kier alpha value is -4.26. The number of amides is 4. The predicted molar refractivity (Wildman–Crippen MR) is 117 cm³/mol. The van der Waals surface area contributed by atoms with Crippen molar-refractivity contribution >= 4 is 29.6 Å². The summed E-state index contributed by atoms with van der Waals surface area (Å²) in [5.74, 6) is -1.42. The molecule has 7 heteroatoms. The Morgan fingerprint density at radius 2 is 1.72 bits per heavy atom. The van der Waals surface area contributed by atoms with Gasteiger partial charge >= 0.3 is 6.03 Å². The van der Waals surface area contributed by atoms with Crippen LogP contribution in [0, 0.1) is 12.7 Å². The number of nitrogens with zero attached hydrogens (tertiary/aromatic N) is 1. The van der Waals surface area contributed by atoms with Crippen molar-refractivity contribution in [2.24, 2.45) is 0 Å². The fourth-order valence-corrected chi connectivity index (χ4v) is 3.22. The van der Waals surface area contributed by atoms with E-state index in [2.05, 4.69) is 5.32 Å². The van der Waals surface area contributed by atoms with Gasteiger partial charge in [0.05, 0.1) is 5.69 Å². The average molecular weight is 430 g/mol. The normalized spacial score (nSPS) is 15.1. The van der Waals surface area contributed by atoms with Crippen LogP contribution >= 0.6 is 0 Å². The molecule has 1 saturated heterocycles. The zero-order chi connectivity index (χ0) is 22.7. The molecule has 3 aromatic carbocycles. The maximum atomic E-state index is 13.8. The van der Waals surface area contributed by atoms with Crippen molar-refractivity contribution in [3.63, 3.8) is 0 Å². The Balaban J connectivity index is 1.58. The second-order valence-electron chi connectivity index (χ2n) is 7.25. The van der Waals surface area contributed by atoms with Crippen LogP contribution in [0.2, 0.25) is 0 Å². The third-order valence-corrected chi connectivity index (χ3v) is 4.92. The number of urea groups is 1. The predicted octanol–water partition coefficient (Wildman–Crippen LogP) is 4.38. The summed E-state index contributed by atoms with van der Waals surface area (Å²) in [4.78, 5) is 38.6. The summed E-state index contributed by atoms with van der Waals surface area (Å²) in [5, 5.41) is 2.20. The van der Waals surface area contributed by atoms with Gasteiger partial charge in [0.2, 0.25) is 0 Å². The number of imide groups is 2. The number of aryl methyl sites for hydroxylation is 1. The number of hydrogen-bond donors (Lipinski definition) is 1. The molecule has 0 atom stereocenters. The molecule has 4 rings (SSSR count). The monoisotopic (exact) mass is 430 g/mol. The van der Waals surface area contributed by atoms with Crippen LogP contribution in [-0.2, 0) is 16.2 Å². The Labute approximate surface area is 183 Å². The molecule has 0 unspecified atom stereocenters. The lowest BCUT2D eigenvalue weighted by Gasteiger charge is -2.26. The lowest BCUT2D eigenvalue weighted by molar-refractivity contribution is -0.122. The number of ether oxygens (including phenoxy) is 1. The van der Waals surface area contributed by atoms with Gasteiger partial charge in [0.1, 0.15) is 23.7 Å². The molecule has 1 aliphatic rings. The number of barbiturate groups is 1. The Morgan fingerprint density at radius 3 is 2.47 bits per heavy atom. The minimum atomic E-state index is -0.803. The van der Waals surface area contributed by atoms with Crippen molar-refractivity contribution in [1.29, 1.82) is 0 Å². The summed E-state index contributed by atoms with van der Waals surface area (Å²) >= 11 is 0. The second-order valence-corrected chi connectivity index (χ2v) is 7.25. The van der Waals surface area contributed by atoms with Gasteiger partial charge in [-0.1, -0.05) is 48.0 Å². The molecule has 0 aromatic heterocycles. The largest absolute Gasteiger partial charge is 0.489 e. The van der Waals surface area contributed by atoms with Crippen LogP contribution in [0.5, 0.6) is 5.75 Å². The van der Waals surface area contributed by atoms with Gasteiger partial charge in [-0.25, -0.2) is 14.1 Å². The smallest absolute Gasteiger partial charge is 0.335 e. The van der Waals surface area contributed by atoms with Crippen LogP contribution in [0.1, 0.15) is 16.7 Å². The van der Waals surface area contributed by atoms with Gasteiger partial charge in [-0.3, -0.25) is 14.9 Å². The van der Waals surface area contributed by atoms with E-state index in [1.54, 1.807) is 66.7 Å². The number of halogens is 1. The first kappa shape index (κ1) is 21.0. The van der Waals surface area contributed by atoms with Crippen LogP contribution in [-0.4, -0.2) is 17.8 Å². The Bertz CT molecular complexity index is 1230. The molecule has 4 amide bonds. The number of carbonyl (C=O) groups excluding carboxylic acids is 3. The lowest BCUT2D eigenvalue weighted by Crippen LogP contribution is -2.54. The lowest BCUT2D eigenvalue weighted by atomic mass is 10.1. The van der Waals surface area contributed by atoms with Crippen LogP contribution in [0.4, 0.5) is 14.9 Å². The minimum Gasteiger partial charge on any atom is -0.489 e. The van der Waals surface area contributed by atoms with E-state index in [4.69, 9.17) is 4.74 Å². The highest BCUT2D eigenvalue weighted by Crippen LogP contribution is 2.24.